The van der Waals surface area contributed by atoms with Gasteiger partial charge in [-0.2, -0.15) is 0 Å². The maximum Gasteiger partial charge on any atom is 0.323 e. The molecule has 2 rings (SSSR count). The van der Waals surface area contributed by atoms with Crippen molar-refractivity contribution in [2.45, 2.75) is 52.2 Å². The van der Waals surface area contributed by atoms with Crippen LogP contribution in [0.25, 0.3) is 0 Å². The van der Waals surface area contributed by atoms with Crippen molar-refractivity contribution in [3.05, 3.63) is 0 Å². The zero-order valence-corrected chi connectivity index (χ0v) is 14.6. The van der Waals surface area contributed by atoms with Crippen LogP contribution in [0.4, 0.5) is 0 Å². The highest BCUT2D eigenvalue weighted by Gasteiger charge is 2.29. The van der Waals surface area contributed by atoms with Gasteiger partial charge in [-0.3, -0.25) is 9.69 Å². The molecule has 2 heterocycles. The highest BCUT2D eigenvalue weighted by molar-refractivity contribution is 5.75. The predicted octanol–water partition coefficient (Wildman–Crippen LogP) is 1.76. The lowest BCUT2D eigenvalue weighted by Gasteiger charge is -2.39. The fourth-order valence-corrected chi connectivity index (χ4v) is 3.16. The molecule has 1 atom stereocenters. The minimum absolute atomic E-state index is 0.106. The Morgan fingerprint density at radius 3 is 2.32 bits per heavy atom. The fraction of sp³-hybridized carbons (Fsp3) is 0.941. The van der Waals surface area contributed by atoms with E-state index in [1.54, 1.807) is 0 Å². The second kappa shape index (κ2) is 7.75. The molecule has 5 nitrogen and oxygen atoms in total. The number of esters is 1. The molecule has 0 aromatic carbocycles. The van der Waals surface area contributed by atoms with Crippen LogP contribution in [-0.4, -0.2) is 73.3 Å². The average Bonchev–Trinajstić information content (AvgIpc) is 2.46. The van der Waals surface area contributed by atoms with Gasteiger partial charge in [0.15, 0.2) is 0 Å². The van der Waals surface area contributed by atoms with Crippen LogP contribution < -0.4 is 0 Å². The van der Waals surface area contributed by atoms with Crippen LogP contribution in [0.5, 0.6) is 0 Å². The van der Waals surface area contributed by atoms with Crippen LogP contribution in [0.15, 0.2) is 0 Å². The second-order valence-corrected chi connectivity index (χ2v) is 7.60. The first-order valence-electron chi connectivity index (χ1n) is 8.62. The predicted molar refractivity (Wildman–Crippen MR) is 86.9 cm³/mol. The van der Waals surface area contributed by atoms with Gasteiger partial charge in [-0.05, 0) is 46.5 Å². The first-order chi connectivity index (χ1) is 10.3. The van der Waals surface area contributed by atoms with E-state index in [-0.39, 0.29) is 12.0 Å². The van der Waals surface area contributed by atoms with Gasteiger partial charge in [0.2, 0.25) is 0 Å². The molecule has 2 aliphatic heterocycles. The lowest BCUT2D eigenvalue weighted by molar-refractivity contribution is -0.161. The Morgan fingerprint density at radius 1 is 1.18 bits per heavy atom. The van der Waals surface area contributed by atoms with Crippen molar-refractivity contribution in [2.75, 3.05) is 45.9 Å². The Balaban J connectivity index is 1.72. The monoisotopic (exact) mass is 312 g/mol. The molecule has 0 N–H and O–H groups in total. The van der Waals surface area contributed by atoms with E-state index in [0.29, 0.717) is 0 Å². The summed E-state index contributed by atoms with van der Waals surface area (Å²) in [5.41, 5.74) is -0.407. The van der Waals surface area contributed by atoms with Crippen LogP contribution in [0.3, 0.4) is 0 Å². The standard InChI is InChI=1S/C17H32N2O3/c1-14(16(20)22-17(2,3)4)19-9-7-18(8-10-19)13-15-5-11-21-12-6-15/h14-15H,5-13H2,1-4H3. The molecule has 22 heavy (non-hydrogen) atoms. The topological polar surface area (TPSA) is 42.0 Å². The minimum atomic E-state index is -0.407. The highest BCUT2D eigenvalue weighted by atomic mass is 16.6. The van der Waals surface area contributed by atoms with Gasteiger partial charge in [-0.1, -0.05) is 0 Å². The normalized spacial score (nSPS) is 24.2. The Kier molecular flexibility index (Phi) is 6.24. The fourth-order valence-electron chi connectivity index (χ4n) is 3.16. The number of nitrogens with zero attached hydrogens (tertiary/aromatic N) is 2. The first kappa shape index (κ1) is 17.7. The van der Waals surface area contributed by atoms with Gasteiger partial charge in [0.05, 0.1) is 0 Å². The third-order valence-corrected chi connectivity index (χ3v) is 4.56. The van der Waals surface area contributed by atoms with Gasteiger partial charge >= 0.3 is 5.97 Å². The number of rotatable bonds is 4. The number of carbonyl (C=O) groups is 1. The number of hydrogen-bond acceptors (Lipinski definition) is 5. The summed E-state index contributed by atoms with van der Waals surface area (Å²) in [6.07, 6.45) is 2.38. The van der Waals surface area contributed by atoms with Crippen molar-refractivity contribution < 1.29 is 14.3 Å². The number of carbonyl (C=O) groups excluding carboxylic acids is 1. The number of piperazine rings is 1. The molecular formula is C17H32N2O3. The van der Waals surface area contributed by atoms with E-state index in [4.69, 9.17) is 9.47 Å². The van der Waals surface area contributed by atoms with E-state index in [2.05, 4.69) is 9.80 Å². The molecule has 2 saturated heterocycles. The third-order valence-electron chi connectivity index (χ3n) is 4.56. The Bertz CT molecular complexity index is 353. The highest BCUT2D eigenvalue weighted by Crippen LogP contribution is 2.18. The van der Waals surface area contributed by atoms with Crippen LogP contribution in [0, 0.1) is 5.92 Å². The summed E-state index contributed by atoms with van der Waals surface area (Å²) in [6, 6.07) is -0.149. The first-order valence-corrected chi connectivity index (χ1v) is 8.62. The van der Waals surface area contributed by atoms with Crippen LogP contribution in [0.2, 0.25) is 0 Å². The third kappa shape index (κ3) is 5.52. The average molecular weight is 312 g/mol. The molecule has 0 saturated carbocycles. The van der Waals surface area contributed by atoms with Gasteiger partial charge in [-0.15, -0.1) is 0 Å². The van der Waals surface area contributed by atoms with Crippen LogP contribution in [-0.2, 0) is 14.3 Å². The van der Waals surface area contributed by atoms with Crippen LogP contribution >= 0.6 is 0 Å². The molecule has 5 heteroatoms. The lowest BCUT2D eigenvalue weighted by atomic mass is 9.99. The molecule has 0 amide bonds. The van der Waals surface area contributed by atoms with E-state index in [1.165, 1.54) is 19.4 Å². The van der Waals surface area contributed by atoms with Gasteiger partial charge in [0, 0.05) is 45.9 Å². The summed E-state index contributed by atoms with van der Waals surface area (Å²) in [6.45, 7) is 14.7. The molecule has 0 spiro atoms. The van der Waals surface area contributed by atoms with Crippen molar-refractivity contribution in [2.24, 2.45) is 5.92 Å². The molecule has 0 aromatic heterocycles. The Hall–Kier alpha value is -0.650. The van der Waals surface area contributed by atoms with Crippen molar-refractivity contribution >= 4 is 5.97 Å². The van der Waals surface area contributed by atoms with Gasteiger partial charge in [-0.25, -0.2) is 0 Å². The van der Waals surface area contributed by atoms with Crippen molar-refractivity contribution in [1.82, 2.24) is 9.80 Å². The SMILES string of the molecule is CC(C(=O)OC(C)(C)C)N1CCN(CC2CCOCC2)CC1. The molecule has 2 fully saturated rings. The van der Waals surface area contributed by atoms with E-state index in [1.807, 2.05) is 27.7 Å². The molecule has 0 radical (unpaired) electrons. The zero-order chi connectivity index (χ0) is 16.2. The quantitative estimate of drug-likeness (QED) is 0.740. The summed E-state index contributed by atoms with van der Waals surface area (Å²) in [5.74, 6) is 0.675. The second-order valence-electron chi connectivity index (χ2n) is 7.60. The minimum Gasteiger partial charge on any atom is -0.459 e. The summed E-state index contributed by atoms with van der Waals surface area (Å²) >= 11 is 0. The smallest absolute Gasteiger partial charge is 0.323 e. The maximum absolute atomic E-state index is 12.2. The van der Waals surface area contributed by atoms with Crippen LogP contribution in [0.1, 0.15) is 40.5 Å². The summed E-state index contributed by atoms with van der Waals surface area (Å²) in [4.78, 5) is 16.9. The Labute approximate surface area is 134 Å². The largest absolute Gasteiger partial charge is 0.459 e. The molecular weight excluding hydrogens is 280 g/mol. The molecule has 128 valence electrons. The molecule has 0 aliphatic carbocycles. The molecule has 0 aromatic rings. The van der Waals surface area contributed by atoms with Crippen molar-refractivity contribution in [1.29, 1.82) is 0 Å². The van der Waals surface area contributed by atoms with Gasteiger partial charge in [0.1, 0.15) is 11.6 Å². The number of ether oxygens (including phenoxy) is 2. The summed E-state index contributed by atoms with van der Waals surface area (Å²) < 4.78 is 10.9. The van der Waals surface area contributed by atoms with Gasteiger partial charge < -0.3 is 14.4 Å². The molecule has 2 aliphatic rings. The van der Waals surface area contributed by atoms with E-state index >= 15 is 0 Å². The van der Waals surface area contributed by atoms with E-state index in [9.17, 15) is 4.79 Å². The lowest BCUT2D eigenvalue weighted by Crippen LogP contribution is -2.53. The molecule has 1 unspecified atom stereocenters. The van der Waals surface area contributed by atoms with Crippen molar-refractivity contribution in [3.63, 3.8) is 0 Å². The van der Waals surface area contributed by atoms with E-state index < -0.39 is 5.60 Å². The summed E-state index contributed by atoms with van der Waals surface area (Å²) in [7, 11) is 0. The van der Waals surface area contributed by atoms with E-state index in [0.717, 1.165) is 45.3 Å². The zero-order valence-electron chi connectivity index (χ0n) is 14.6. The molecule has 0 bridgehead atoms. The van der Waals surface area contributed by atoms with Crippen molar-refractivity contribution in [3.8, 4) is 0 Å². The van der Waals surface area contributed by atoms with Gasteiger partial charge in [0.25, 0.3) is 0 Å². The Morgan fingerprint density at radius 2 is 1.77 bits per heavy atom. The number of hydrogen-bond donors (Lipinski definition) is 0. The maximum atomic E-state index is 12.2. The summed E-state index contributed by atoms with van der Waals surface area (Å²) in [5, 5.41) is 0.